The van der Waals surface area contributed by atoms with Crippen molar-refractivity contribution in [1.82, 2.24) is 10.2 Å². The van der Waals surface area contributed by atoms with Crippen molar-refractivity contribution in [3.63, 3.8) is 0 Å². The Morgan fingerprint density at radius 3 is 2.24 bits per heavy atom. The zero-order valence-electron chi connectivity index (χ0n) is 23.2. The number of carbonyl (C=O) groups excluding carboxylic acids is 2. The number of nitrogens with one attached hydrogen (secondary N) is 1. The zero-order chi connectivity index (χ0) is 29.6. The van der Waals surface area contributed by atoms with E-state index in [2.05, 4.69) is 5.32 Å². The van der Waals surface area contributed by atoms with Crippen LogP contribution in [0.3, 0.4) is 0 Å². The molecule has 1 N–H and O–H groups in total. The lowest BCUT2D eigenvalue weighted by Crippen LogP contribution is -2.54. The average molecular weight is 584 g/mol. The third kappa shape index (κ3) is 8.13. The molecule has 4 rings (SSSR count). The van der Waals surface area contributed by atoms with Crippen molar-refractivity contribution in [1.29, 1.82) is 0 Å². The summed E-state index contributed by atoms with van der Waals surface area (Å²) >= 11 is 0. The fraction of sp³-hybridized carbons (Fsp3) is 0.355. The van der Waals surface area contributed by atoms with Gasteiger partial charge < -0.3 is 10.2 Å². The van der Waals surface area contributed by atoms with Crippen LogP contribution < -0.4 is 9.62 Å². The molecule has 7 nitrogen and oxygen atoms in total. The Morgan fingerprint density at radius 2 is 1.61 bits per heavy atom. The fourth-order valence-electron chi connectivity index (χ4n) is 5.18. The highest BCUT2D eigenvalue weighted by Gasteiger charge is 2.34. The molecule has 3 aromatic carbocycles. The van der Waals surface area contributed by atoms with Crippen LogP contribution in [0.2, 0.25) is 0 Å². The lowest BCUT2D eigenvalue weighted by molar-refractivity contribution is -0.140. The van der Waals surface area contributed by atoms with Crippen LogP contribution >= 0.6 is 0 Å². The molecule has 0 spiro atoms. The first kappa shape index (κ1) is 30.2. The Bertz CT molecular complexity index is 1480. The van der Waals surface area contributed by atoms with Crippen molar-refractivity contribution in [2.24, 2.45) is 0 Å². The Kier molecular flexibility index (Phi) is 9.75. The molecule has 0 aromatic heterocycles. The first-order valence-corrected chi connectivity index (χ1v) is 15.5. The van der Waals surface area contributed by atoms with Gasteiger partial charge in [0.25, 0.3) is 0 Å². The van der Waals surface area contributed by atoms with Gasteiger partial charge >= 0.3 is 0 Å². The molecule has 41 heavy (non-hydrogen) atoms. The smallest absolute Gasteiger partial charge is 0.244 e. The maximum Gasteiger partial charge on any atom is 0.244 e. The third-order valence-corrected chi connectivity index (χ3v) is 8.42. The van der Waals surface area contributed by atoms with Gasteiger partial charge in [-0.1, -0.05) is 73.0 Å². The summed E-state index contributed by atoms with van der Waals surface area (Å²) in [6.45, 7) is 1.27. The molecular weight excluding hydrogens is 548 g/mol. The minimum atomic E-state index is -4.08. The molecule has 3 aromatic rings. The molecule has 10 heteroatoms. The highest BCUT2D eigenvalue weighted by atomic mass is 32.2. The van der Waals surface area contributed by atoms with Crippen LogP contribution in [0, 0.1) is 18.6 Å². The average Bonchev–Trinajstić information content (AvgIpc) is 3.44. The Hall–Kier alpha value is -3.79. The molecule has 0 heterocycles. The summed E-state index contributed by atoms with van der Waals surface area (Å²) in [6.07, 6.45) is 4.83. The quantitative estimate of drug-likeness (QED) is 0.354. The second-order valence-electron chi connectivity index (χ2n) is 10.6. The van der Waals surface area contributed by atoms with Gasteiger partial charge in [0.2, 0.25) is 21.8 Å². The number of nitrogens with zero attached hydrogens (tertiary/aromatic N) is 2. The molecule has 2 amide bonds. The number of carbonyl (C=O) groups is 2. The van der Waals surface area contributed by atoms with Gasteiger partial charge in [0, 0.05) is 25.1 Å². The molecule has 1 aliphatic rings. The molecule has 1 saturated carbocycles. The van der Waals surface area contributed by atoms with Crippen molar-refractivity contribution in [2.45, 2.75) is 57.7 Å². The summed E-state index contributed by atoms with van der Waals surface area (Å²) in [4.78, 5) is 29.3. The van der Waals surface area contributed by atoms with Crippen LogP contribution in [0.4, 0.5) is 14.5 Å². The number of benzene rings is 3. The van der Waals surface area contributed by atoms with Gasteiger partial charge in [-0.3, -0.25) is 13.9 Å². The van der Waals surface area contributed by atoms with Gasteiger partial charge in [-0.25, -0.2) is 17.2 Å². The standard InChI is InChI=1S/C31H35F2N3O4S/c1-22-9-8-12-24(17-22)20-35(30(37)21-36(41(2,39)40)26-15-16-27(32)28(33)19-26)29(18-23-10-4-3-5-11-23)31(38)34-25-13-6-7-14-25/h3-5,8-12,15-17,19,25,29H,6-7,13-14,18,20-21H2,1-2H3,(H,34,38)/t29-/m1/s1. The molecule has 0 aliphatic heterocycles. The van der Waals surface area contributed by atoms with E-state index in [1.165, 1.54) is 4.90 Å². The van der Waals surface area contributed by atoms with E-state index in [0.717, 1.165) is 71.1 Å². The lowest BCUT2D eigenvalue weighted by Gasteiger charge is -2.34. The van der Waals surface area contributed by atoms with Gasteiger partial charge in [0.1, 0.15) is 12.6 Å². The monoisotopic (exact) mass is 583 g/mol. The van der Waals surface area contributed by atoms with Crippen molar-refractivity contribution < 1.29 is 26.8 Å². The maximum absolute atomic E-state index is 14.1. The molecule has 1 atom stereocenters. The summed E-state index contributed by atoms with van der Waals surface area (Å²) in [5.41, 5.74) is 2.38. The fourth-order valence-corrected chi connectivity index (χ4v) is 6.02. The van der Waals surface area contributed by atoms with Gasteiger partial charge in [0.05, 0.1) is 11.9 Å². The van der Waals surface area contributed by atoms with Crippen molar-refractivity contribution in [3.05, 3.63) is 101 Å². The summed E-state index contributed by atoms with van der Waals surface area (Å²) < 4.78 is 54.0. The summed E-state index contributed by atoms with van der Waals surface area (Å²) in [5, 5.41) is 3.10. The number of hydrogen-bond donors (Lipinski definition) is 1. The number of anilines is 1. The van der Waals surface area contributed by atoms with E-state index in [0.29, 0.717) is 0 Å². The maximum atomic E-state index is 14.1. The van der Waals surface area contributed by atoms with Gasteiger partial charge in [0.15, 0.2) is 11.6 Å². The van der Waals surface area contributed by atoms with Crippen LogP contribution in [0.5, 0.6) is 0 Å². The molecule has 0 bridgehead atoms. The highest BCUT2D eigenvalue weighted by molar-refractivity contribution is 7.92. The van der Waals surface area contributed by atoms with Gasteiger partial charge in [-0.15, -0.1) is 0 Å². The van der Waals surface area contributed by atoms with Gasteiger partial charge in [-0.2, -0.15) is 0 Å². The number of aryl methyl sites for hydroxylation is 1. The van der Waals surface area contributed by atoms with Crippen LogP contribution in [-0.4, -0.2) is 50.0 Å². The van der Waals surface area contributed by atoms with Crippen molar-refractivity contribution in [3.8, 4) is 0 Å². The predicted molar refractivity (Wildman–Crippen MR) is 155 cm³/mol. The number of amides is 2. The molecule has 0 radical (unpaired) electrons. The van der Waals surface area contributed by atoms with Crippen molar-refractivity contribution in [2.75, 3.05) is 17.1 Å². The minimum Gasteiger partial charge on any atom is -0.352 e. The largest absolute Gasteiger partial charge is 0.352 e. The van der Waals surface area contributed by atoms with Crippen LogP contribution in [-0.2, 0) is 32.6 Å². The molecule has 1 aliphatic carbocycles. The Balaban J connectivity index is 1.73. The van der Waals surface area contributed by atoms with E-state index >= 15 is 0 Å². The summed E-state index contributed by atoms with van der Waals surface area (Å²) in [6, 6.07) is 18.5. The number of rotatable bonds is 11. The molecule has 1 fully saturated rings. The lowest BCUT2D eigenvalue weighted by atomic mass is 10.0. The number of halogens is 2. The SMILES string of the molecule is Cc1cccc(CN(C(=O)CN(c2ccc(F)c(F)c2)S(C)(=O)=O)[C@H](Cc2ccccc2)C(=O)NC2CCCC2)c1. The van der Waals surface area contributed by atoms with Crippen LogP contribution in [0.15, 0.2) is 72.8 Å². The second kappa shape index (κ2) is 13.2. The normalized spacial score (nSPS) is 14.4. The minimum absolute atomic E-state index is 0.00593. The van der Waals surface area contributed by atoms with E-state index in [1.54, 1.807) is 0 Å². The predicted octanol–water partition coefficient (Wildman–Crippen LogP) is 4.74. The van der Waals surface area contributed by atoms with Crippen molar-refractivity contribution >= 4 is 27.5 Å². The van der Waals surface area contributed by atoms with Crippen LogP contribution in [0.25, 0.3) is 0 Å². The number of sulfonamides is 1. The van der Waals surface area contributed by atoms with E-state index in [1.807, 2.05) is 61.5 Å². The molecule has 0 saturated heterocycles. The zero-order valence-corrected chi connectivity index (χ0v) is 24.0. The van der Waals surface area contributed by atoms with E-state index in [4.69, 9.17) is 0 Å². The third-order valence-electron chi connectivity index (χ3n) is 7.28. The summed E-state index contributed by atoms with van der Waals surface area (Å²) in [7, 11) is -4.08. The van der Waals surface area contributed by atoms with E-state index in [9.17, 15) is 26.8 Å². The van der Waals surface area contributed by atoms with Crippen LogP contribution in [0.1, 0.15) is 42.4 Å². The number of hydrogen-bond acceptors (Lipinski definition) is 4. The first-order valence-electron chi connectivity index (χ1n) is 13.6. The topological polar surface area (TPSA) is 86.8 Å². The molecule has 218 valence electrons. The van der Waals surface area contributed by atoms with Gasteiger partial charge in [-0.05, 0) is 43.0 Å². The van der Waals surface area contributed by atoms with E-state index < -0.39 is 40.2 Å². The Morgan fingerprint density at radius 1 is 0.927 bits per heavy atom. The Labute approximate surface area is 240 Å². The first-order chi connectivity index (χ1) is 19.5. The molecular formula is C31H35F2N3O4S. The van der Waals surface area contributed by atoms with E-state index in [-0.39, 0.29) is 30.6 Å². The summed E-state index contributed by atoms with van der Waals surface area (Å²) in [5.74, 6) is -3.34. The highest BCUT2D eigenvalue weighted by Crippen LogP contribution is 2.23. The molecule has 0 unspecified atom stereocenters. The second-order valence-corrected chi connectivity index (χ2v) is 12.5.